The van der Waals surface area contributed by atoms with Crippen molar-refractivity contribution in [1.82, 2.24) is 9.62 Å². The molecule has 7 nitrogen and oxygen atoms in total. The number of benzene rings is 2. The van der Waals surface area contributed by atoms with E-state index in [2.05, 4.69) is 10.0 Å². The maximum Gasteiger partial charge on any atom is 0.257 e. The number of nitrogens with one attached hydrogen (secondary N) is 2. The van der Waals surface area contributed by atoms with Gasteiger partial charge in [-0.1, -0.05) is 25.1 Å². The lowest BCUT2D eigenvalue weighted by molar-refractivity contribution is -0.116. The van der Waals surface area contributed by atoms with E-state index in [1.54, 1.807) is 12.1 Å². The van der Waals surface area contributed by atoms with Crippen LogP contribution in [0.4, 0.5) is 10.1 Å². The summed E-state index contributed by atoms with van der Waals surface area (Å²) in [6.07, 6.45) is 0.725. The molecule has 28 heavy (non-hydrogen) atoms. The topological polar surface area (TPSA) is 95.6 Å². The molecule has 2 aromatic carbocycles. The van der Waals surface area contributed by atoms with Crippen LogP contribution in [0.15, 0.2) is 47.4 Å². The van der Waals surface area contributed by atoms with Crippen LogP contribution < -0.4 is 10.0 Å². The largest absolute Gasteiger partial charge is 0.332 e. The van der Waals surface area contributed by atoms with Crippen LogP contribution in [0.5, 0.6) is 0 Å². The number of rotatable bonds is 7. The van der Waals surface area contributed by atoms with Gasteiger partial charge in [0.25, 0.3) is 5.91 Å². The monoisotopic (exact) mass is 407 g/mol. The number of carbonyl (C=O) groups is 2. The van der Waals surface area contributed by atoms with Crippen LogP contribution >= 0.6 is 0 Å². The van der Waals surface area contributed by atoms with E-state index in [4.69, 9.17) is 0 Å². The fourth-order valence-electron chi connectivity index (χ4n) is 2.59. The highest BCUT2D eigenvalue weighted by molar-refractivity contribution is 7.89. The van der Waals surface area contributed by atoms with E-state index in [-0.39, 0.29) is 11.4 Å². The normalized spacial score (nSPS) is 11.1. The summed E-state index contributed by atoms with van der Waals surface area (Å²) in [5.74, 6) is -2.12. The van der Waals surface area contributed by atoms with Gasteiger partial charge in [-0.25, -0.2) is 17.5 Å². The Kier molecular flexibility index (Phi) is 6.87. The van der Waals surface area contributed by atoms with Crippen molar-refractivity contribution in [2.75, 3.05) is 26.0 Å². The van der Waals surface area contributed by atoms with Gasteiger partial charge in [0.15, 0.2) is 0 Å². The van der Waals surface area contributed by atoms with E-state index in [0.717, 1.165) is 35.1 Å². The Labute approximate surface area is 163 Å². The van der Waals surface area contributed by atoms with Crippen molar-refractivity contribution in [3.05, 3.63) is 59.4 Å². The Morgan fingerprint density at radius 2 is 1.82 bits per heavy atom. The zero-order chi connectivity index (χ0) is 20.9. The average Bonchev–Trinajstić information content (AvgIpc) is 2.67. The van der Waals surface area contributed by atoms with E-state index in [0.29, 0.717) is 5.69 Å². The fourth-order valence-corrected chi connectivity index (χ4v) is 3.34. The first kappa shape index (κ1) is 21.5. The van der Waals surface area contributed by atoms with E-state index < -0.39 is 33.2 Å². The van der Waals surface area contributed by atoms with Gasteiger partial charge in [0.2, 0.25) is 15.9 Å². The smallest absolute Gasteiger partial charge is 0.257 e. The van der Waals surface area contributed by atoms with Gasteiger partial charge in [-0.05, 0) is 43.3 Å². The standard InChI is InChI=1S/C19H22FN3O4S/c1-4-13-7-5-6-8-17(13)22-18(24)12-23(3)19(25)15-11-14(9-10-16(15)20)28(26,27)21-2/h5-11,21H,4,12H2,1-3H3,(H,22,24). The molecule has 0 heterocycles. The molecule has 150 valence electrons. The van der Waals surface area contributed by atoms with Gasteiger partial charge in [0.05, 0.1) is 17.0 Å². The minimum absolute atomic E-state index is 0.241. The molecule has 0 unspecified atom stereocenters. The van der Waals surface area contributed by atoms with E-state index in [1.165, 1.54) is 14.1 Å². The van der Waals surface area contributed by atoms with Crippen LogP contribution in [0.2, 0.25) is 0 Å². The highest BCUT2D eigenvalue weighted by atomic mass is 32.2. The summed E-state index contributed by atoms with van der Waals surface area (Å²) in [5, 5.41) is 2.73. The number of sulfonamides is 1. The number of hydrogen-bond donors (Lipinski definition) is 2. The summed E-state index contributed by atoms with van der Waals surface area (Å²) >= 11 is 0. The molecule has 0 aliphatic carbocycles. The highest BCUT2D eigenvalue weighted by Crippen LogP contribution is 2.18. The minimum Gasteiger partial charge on any atom is -0.332 e. The van der Waals surface area contributed by atoms with Crippen LogP contribution in [0.3, 0.4) is 0 Å². The molecule has 0 saturated heterocycles. The second-order valence-electron chi connectivity index (χ2n) is 6.07. The minimum atomic E-state index is -3.83. The van der Waals surface area contributed by atoms with Crippen molar-refractivity contribution in [2.45, 2.75) is 18.2 Å². The number of aryl methyl sites for hydroxylation is 1. The first-order chi connectivity index (χ1) is 13.2. The molecule has 0 radical (unpaired) electrons. The Bertz CT molecular complexity index is 992. The van der Waals surface area contributed by atoms with Gasteiger partial charge in [0, 0.05) is 12.7 Å². The molecule has 0 spiro atoms. The molecule has 0 atom stereocenters. The van der Waals surface area contributed by atoms with Crippen LogP contribution in [-0.4, -0.2) is 45.8 Å². The van der Waals surface area contributed by atoms with Gasteiger partial charge in [0.1, 0.15) is 5.82 Å². The van der Waals surface area contributed by atoms with Gasteiger partial charge in [-0.15, -0.1) is 0 Å². The van der Waals surface area contributed by atoms with Crippen molar-refractivity contribution in [1.29, 1.82) is 0 Å². The molecule has 9 heteroatoms. The molecule has 2 aromatic rings. The molecule has 0 aliphatic rings. The third-order valence-corrected chi connectivity index (χ3v) is 5.56. The summed E-state index contributed by atoms with van der Waals surface area (Å²) in [4.78, 5) is 25.6. The van der Waals surface area contributed by atoms with Gasteiger partial charge >= 0.3 is 0 Å². The molecule has 2 N–H and O–H groups in total. The first-order valence-corrected chi connectivity index (χ1v) is 10.0. The number of anilines is 1. The fraction of sp³-hybridized carbons (Fsp3) is 0.263. The van der Waals surface area contributed by atoms with Crippen molar-refractivity contribution in [3.8, 4) is 0 Å². The third-order valence-electron chi connectivity index (χ3n) is 4.15. The number of nitrogens with zero attached hydrogens (tertiary/aromatic N) is 1. The number of halogens is 1. The average molecular weight is 407 g/mol. The molecule has 2 amide bonds. The van der Waals surface area contributed by atoms with Gasteiger partial charge in [-0.3, -0.25) is 9.59 Å². The number of carbonyl (C=O) groups excluding carboxylic acids is 2. The van der Waals surface area contributed by atoms with Crippen LogP contribution in [0.1, 0.15) is 22.8 Å². The Morgan fingerprint density at radius 3 is 2.46 bits per heavy atom. The lowest BCUT2D eigenvalue weighted by Crippen LogP contribution is -2.35. The van der Waals surface area contributed by atoms with Crippen LogP contribution in [0.25, 0.3) is 0 Å². The van der Waals surface area contributed by atoms with Crippen molar-refractivity contribution < 1.29 is 22.4 Å². The number of hydrogen-bond acceptors (Lipinski definition) is 4. The summed E-state index contributed by atoms with van der Waals surface area (Å²) in [6.45, 7) is 1.63. The Balaban J connectivity index is 2.16. The first-order valence-electron chi connectivity index (χ1n) is 8.56. The van der Waals surface area contributed by atoms with Crippen LogP contribution in [-0.2, 0) is 21.2 Å². The highest BCUT2D eigenvalue weighted by Gasteiger charge is 2.22. The zero-order valence-corrected chi connectivity index (χ0v) is 16.6. The summed E-state index contributed by atoms with van der Waals surface area (Å²) < 4.78 is 39.9. The zero-order valence-electron chi connectivity index (χ0n) is 15.8. The number of likely N-dealkylation sites (N-methyl/N-ethyl adjacent to an activating group) is 1. The van der Waals surface area contributed by atoms with Gasteiger partial charge < -0.3 is 10.2 Å². The number of amides is 2. The molecular weight excluding hydrogens is 385 g/mol. The Hall–Kier alpha value is -2.78. The van der Waals surface area contributed by atoms with Crippen molar-refractivity contribution in [3.63, 3.8) is 0 Å². The van der Waals surface area contributed by atoms with Crippen molar-refractivity contribution >= 4 is 27.5 Å². The van der Waals surface area contributed by atoms with Crippen molar-refractivity contribution in [2.24, 2.45) is 0 Å². The van der Waals surface area contributed by atoms with E-state index >= 15 is 0 Å². The Morgan fingerprint density at radius 1 is 1.14 bits per heavy atom. The van der Waals surface area contributed by atoms with E-state index in [9.17, 15) is 22.4 Å². The molecule has 2 rings (SSSR count). The second-order valence-corrected chi connectivity index (χ2v) is 7.96. The lowest BCUT2D eigenvalue weighted by Gasteiger charge is -2.18. The third kappa shape index (κ3) is 4.93. The SMILES string of the molecule is CCc1ccccc1NC(=O)CN(C)C(=O)c1cc(S(=O)(=O)NC)ccc1F. The molecular formula is C19H22FN3O4S. The van der Waals surface area contributed by atoms with E-state index in [1.807, 2.05) is 19.1 Å². The van der Waals surface area contributed by atoms with Gasteiger partial charge in [-0.2, -0.15) is 0 Å². The molecule has 0 bridgehead atoms. The molecule has 0 aliphatic heterocycles. The number of para-hydroxylation sites is 1. The lowest BCUT2D eigenvalue weighted by atomic mass is 10.1. The predicted molar refractivity (Wildman–Crippen MR) is 104 cm³/mol. The summed E-state index contributed by atoms with van der Waals surface area (Å²) in [6, 6.07) is 10.2. The summed E-state index contributed by atoms with van der Waals surface area (Å²) in [5.41, 5.74) is 1.16. The molecule has 0 fully saturated rings. The molecule has 0 saturated carbocycles. The van der Waals surface area contributed by atoms with Crippen LogP contribution in [0, 0.1) is 5.82 Å². The summed E-state index contributed by atoms with van der Waals surface area (Å²) in [7, 11) is -1.28. The maximum absolute atomic E-state index is 14.1. The molecule has 0 aromatic heterocycles. The predicted octanol–water partition coefficient (Wildman–Crippen LogP) is 2.01. The quantitative estimate of drug-likeness (QED) is 0.734. The maximum atomic E-state index is 14.1. The second kappa shape index (κ2) is 8.94.